The molecule has 8 heteroatoms. The highest BCUT2D eigenvalue weighted by Gasteiger charge is 2.14. The van der Waals surface area contributed by atoms with Crippen LogP contribution in [0, 0.1) is 0 Å². The molecule has 0 saturated heterocycles. The number of carbonyl (C=O) groups excluding carboxylic acids is 1. The van der Waals surface area contributed by atoms with Gasteiger partial charge in [-0.1, -0.05) is 23.7 Å². The predicted octanol–water partition coefficient (Wildman–Crippen LogP) is 3.10. The summed E-state index contributed by atoms with van der Waals surface area (Å²) in [5.41, 5.74) is 1.78. The highest BCUT2D eigenvalue weighted by Crippen LogP contribution is 2.19. The minimum Gasteiger partial charge on any atom is -0.497 e. The maximum atomic E-state index is 12.6. The van der Waals surface area contributed by atoms with E-state index in [0.717, 1.165) is 10.2 Å². The van der Waals surface area contributed by atoms with Gasteiger partial charge in [-0.3, -0.25) is 4.79 Å². The Morgan fingerprint density at radius 1 is 1.00 bits per heavy atom. The zero-order valence-electron chi connectivity index (χ0n) is 14.9. The summed E-state index contributed by atoms with van der Waals surface area (Å²) in [6.45, 7) is -0.176. The Morgan fingerprint density at radius 3 is 2.39 bits per heavy atom. The van der Waals surface area contributed by atoms with Crippen LogP contribution >= 0.6 is 11.6 Å². The third-order valence-corrected chi connectivity index (χ3v) is 4.54. The number of halogens is 1. The third kappa shape index (κ3) is 3.39. The number of hydrogen-bond donors (Lipinski definition) is 0. The van der Waals surface area contributed by atoms with E-state index in [1.165, 1.54) is 4.52 Å². The number of ketones is 1. The molecule has 0 atom stereocenters. The van der Waals surface area contributed by atoms with Crippen molar-refractivity contribution >= 4 is 23.0 Å². The van der Waals surface area contributed by atoms with Crippen LogP contribution in [0.3, 0.4) is 0 Å². The van der Waals surface area contributed by atoms with Gasteiger partial charge in [-0.25, -0.2) is 9.48 Å². The van der Waals surface area contributed by atoms with Gasteiger partial charge in [0.25, 0.3) is 0 Å². The summed E-state index contributed by atoms with van der Waals surface area (Å²) >= 11 is 5.91. The van der Waals surface area contributed by atoms with Crippen LogP contribution in [0.2, 0.25) is 5.02 Å². The Labute approximate surface area is 164 Å². The summed E-state index contributed by atoms with van der Waals surface area (Å²) in [6.07, 6.45) is 0. The number of hydrogen-bond acceptors (Lipinski definition) is 5. The number of fused-ring (bicyclic) bond motifs is 1. The molecule has 2 aromatic heterocycles. The van der Waals surface area contributed by atoms with Crippen molar-refractivity contribution in [2.75, 3.05) is 7.11 Å². The summed E-state index contributed by atoms with van der Waals surface area (Å²) in [5.74, 6) is 0.423. The second-order valence-corrected chi connectivity index (χ2v) is 6.52. The second-order valence-electron chi connectivity index (χ2n) is 6.09. The molecule has 0 unspecified atom stereocenters. The smallest absolute Gasteiger partial charge is 0.367 e. The van der Waals surface area contributed by atoms with Gasteiger partial charge in [0.05, 0.1) is 12.8 Å². The number of aromatic nitrogens is 4. The summed E-state index contributed by atoms with van der Waals surface area (Å²) in [7, 11) is 1.55. The Kier molecular flexibility index (Phi) is 4.67. The van der Waals surface area contributed by atoms with Gasteiger partial charge in [0.1, 0.15) is 12.3 Å². The number of ether oxygens (including phenoxy) is 1. The maximum Gasteiger partial charge on any atom is 0.367 e. The molecule has 28 heavy (non-hydrogen) atoms. The van der Waals surface area contributed by atoms with Crippen molar-refractivity contribution in [3.05, 3.63) is 81.7 Å². The average Bonchev–Trinajstić information content (AvgIpc) is 3.03. The van der Waals surface area contributed by atoms with Gasteiger partial charge in [0, 0.05) is 16.1 Å². The highest BCUT2D eigenvalue weighted by atomic mass is 35.5. The fraction of sp³-hybridized carbons (Fsp3) is 0.100. The van der Waals surface area contributed by atoms with Crippen LogP contribution in [0.5, 0.6) is 5.75 Å². The van der Waals surface area contributed by atoms with Gasteiger partial charge < -0.3 is 4.74 Å². The fourth-order valence-electron chi connectivity index (χ4n) is 2.79. The van der Waals surface area contributed by atoms with Crippen molar-refractivity contribution in [3.63, 3.8) is 0 Å². The van der Waals surface area contributed by atoms with Crippen LogP contribution in [-0.4, -0.2) is 32.3 Å². The number of carbonyl (C=O) groups is 1. The minimum atomic E-state index is -0.479. The quantitative estimate of drug-likeness (QED) is 0.486. The molecule has 2 aromatic carbocycles. The average molecular weight is 395 g/mol. The van der Waals surface area contributed by atoms with Gasteiger partial charge in [-0.15, -0.1) is 5.10 Å². The van der Waals surface area contributed by atoms with Crippen LogP contribution in [0.1, 0.15) is 10.4 Å². The van der Waals surface area contributed by atoms with Gasteiger partial charge >= 0.3 is 5.69 Å². The van der Waals surface area contributed by atoms with Crippen molar-refractivity contribution in [2.24, 2.45) is 0 Å². The number of nitrogens with zero attached hydrogens (tertiary/aromatic N) is 4. The first-order valence-corrected chi connectivity index (χ1v) is 8.83. The molecule has 0 aliphatic heterocycles. The van der Waals surface area contributed by atoms with E-state index in [4.69, 9.17) is 16.3 Å². The van der Waals surface area contributed by atoms with Crippen LogP contribution in [-0.2, 0) is 6.54 Å². The fourth-order valence-corrected chi connectivity index (χ4v) is 2.92. The third-order valence-electron chi connectivity index (χ3n) is 4.29. The zero-order chi connectivity index (χ0) is 19.7. The number of methoxy groups -OCH3 is 1. The standard InChI is InChI=1S/C20H15ClN4O3/c1-28-16-8-4-14(5-9-16)18(26)12-24-20(27)25-19(23-24)11-10-17(22-25)13-2-6-15(21)7-3-13/h2-11H,12H2,1H3. The van der Waals surface area contributed by atoms with Crippen LogP contribution in [0.25, 0.3) is 16.9 Å². The minimum absolute atomic E-state index is 0.176. The number of benzene rings is 2. The van der Waals surface area contributed by atoms with Crippen molar-refractivity contribution in [2.45, 2.75) is 6.54 Å². The molecule has 0 bridgehead atoms. The van der Waals surface area contributed by atoms with Crippen LogP contribution in [0.4, 0.5) is 0 Å². The molecule has 0 spiro atoms. The van der Waals surface area contributed by atoms with Gasteiger partial charge in [-0.05, 0) is 48.5 Å². The Morgan fingerprint density at radius 2 is 1.71 bits per heavy atom. The molecular weight excluding hydrogens is 380 g/mol. The molecule has 0 saturated carbocycles. The Bertz CT molecular complexity index is 1210. The molecule has 2 heterocycles. The summed E-state index contributed by atoms with van der Waals surface area (Å²) in [6, 6.07) is 17.3. The molecule has 0 aliphatic rings. The lowest BCUT2D eigenvalue weighted by atomic mass is 10.1. The lowest BCUT2D eigenvalue weighted by Gasteiger charge is -2.02. The Hall–Kier alpha value is -3.45. The molecular formula is C20H15ClN4O3. The zero-order valence-corrected chi connectivity index (χ0v) is 15.6. The van der Waals surface area contributed by atoms with E-state index in [0.29, 0.717) is 27.7 Å². The van der Waals surface area contributed by atoms with E-state index in [1.54, 1.807) is 55.6 Å². The molecule has 0 fully saturated rings. The van der Waals surface area contributed by atoms with Gasteiger partial charge in [0.15, 0.2) is 11.4 Å². The van der Waals surface area contributed by atoms with E-state index in [-0.39, 0.29) is 12.3 Å². The largest absolute Gasteiger partial charge is 0.497 e. The van der Waals surface area contributed by atoms with E-state index in [2.05, 4.69) is 10.2 Å². The molecule has 4 rings (SSSR count). The highest BCUT2D eigenvalue weighted by molar-refractivity contribution is 6.30. The molecule has 0 radical (unpaired) electrons. The van der Waals surface area contributed by atoms with Gasteiger partial charge in [0.2, 0.25) is 0 Å². The monoisotopic (exact) mass is 394 g/mol. The second kappa shape index (κ2) is 7.28. The molecule has 0 amide bonds. The van der Waals surface area contributed by atoms with Gasteiger partial charge in [-0.2, -0.15) is 9.61 Å². The molecule has 0 N–H and O–H groups in total. The number of rotatable bonds is 5. The lowest BCUT2D eigenvalue weighted by Crippen LogP contribution is -2.26. The maximum absolute atomic E-state index is 12.6. The van der Waals surface area contributed by atoms with E-state index < -0.39 is 5.69 Å². The lowest BCUT2D eigenvalue weighted by molar-refractivity contribution is 0.0966. The first-order valence-electron chi connectivity index (χ1n) is 8.45. The molecule has 0 aliphatic carbocycles. The molecule has 4 aromatic rings. The number of Topliss-reactive ketones (excluding diaryl/α,β-unsaturated/α-hetero) is 1. The predicted molar refractivity (Wildman–Crippen MR) is 105 cm³/mol. The van der Waals surface area contributed by atoms with E-state index in [1.807, 2.05) is 12.1 Å². The molecule has 7 nitrogen and oxygen atoms in total. The van der Waals surface area contributed by atoms with E-state index in [9.17, 15) is 9.59 Å². The first-order chi connectivity index (χ1) is 13.5. The first kappa shape index (κ1) is 17.9. The van der Waals surface area contributed by atoms with Crippen LogP contribution in [0.15, 0.2) is 65.5 Å². The van der Waals surface area contributed by atoms with Crippen molar-refractivity contribution in [1.82, 2.24) is 19.4 Å². The van der Waals surface area contributed by atoms with Crippen molar-refractivity contribution < 1.29 is 9.53 Å². The normalized spacial score (nSPS) is 10.9. The molecule has 140 valence electrons. The Balaban J connectivity index is 1.64. The summed E-state index contributed by atoms with van der Waals surface area (Å²) in [5, 5.41) is 9.16. The summed E-state index contributed by atoms with van der Waals surface area (Å²) in [4.78, 5) is 25.1. The SMILES string of the molecule is COc1ccc(C(=O)Cn2nc3ccc(-c4ccc(Cl)cc4)nn3c2=O)cc1. The van der Waals surface area contributed by atoms with Crippen molar-refractivity contribution in [3.8, 4) is 17.0 Å². The topological polar surface area (TPSA) is 78.5 Å². The van der Waals surface area contributed by atoms with Crippen molar-refractivity contribution in [1.29, 1.82) is 0 Å². The van der Waals surface area contributed by atoms with Crippen LogP contribution < -0.4 is 10.4 Å². The van der Waals surface area contributed by atoms with E-state index >= 15 is 0 Å². The summed E-state index contributed by atoms with van der Waals surface area (Å²) < 4.78 is 7.38.